The van der Waals surface area contributed by atoms with E-state index in [0.29, 0.717) is 37.5 Å². The minimum atomic E-state index is -0.366. The van der Waals surface area contributed by atoms with E-state index < -0.39 is 0 Å². The molecule has 2 aromatic carbocycles. The predicted octanol–water partition coefficient (Wildman–Crippen LogP) is 3.79. The van der Waals surface area contributed by atoms with Crippen LogP contribution in [0, 0.1) is 5.82 Å². The summed E-state index contributed by atoms with van der Waals surface area (Å²) in [6, 6.07) is 13.7. The number of hydrogen-bond acceptors (Lipinski definition) is 5. The van der Waals surface area contributed by atoms with Gasteiger partial charge in [0, 0.05) is 31.0 Å². The summed E-state index contributed by atoms with van der Waals surface area (Å²) in [7, 11) is 0. The zero-order valence-electron chi connectivity index (χ0n) is 15.5. The predicted molar refractivity (Wildman–Crippen MR) is 100 cm³/mol. The molecular formula is C21H20FN3O3. The lowest BCUT2D eigenvalue weighted by atomic mass is 10.1. The van der Waals surface area contributed by atoms with Gasteiger partial charge in [0.1, 0.15) is 11.6 Å². The number of carbonyl (C=O) groups is 1. The normalized spacial score (nSPS) is 16.6. The monoisotopic (exact) mass is 381 g/mol. The fourth-order valence-electron chi connectivity index (χ4n) is 3.32. The van der Waals surface area contributed by atoms with Crippen LogP contribution in [-0.4, -0.2) is 34.1 Å². The Balaban J connectivity index is 1.43. The highest BCUT2D eigenvalue weighted by molar-refractivity contribution is 5.79. The molecule has 0 aliphatic carbocycles. The van der Waals surface area contributed by atoms with Crippen molar-refractivity contribution >= 4 is 5.91 Å². The molecule has 3 aromatic rings. The summed E-state index contributed by atoms with van der Waals surface area (Å²) in [5, 5.41) is 4.01. The van der Waals surface area contributed by atoms with Crippen LogP contribution in [0.1, 0.15) is 30.7 Å². The van der Waals surface area contributed by atoms with Crippen molar-refractivity contribution in [2.24, 2.45) is 0 Å². The molecule has 1 aliphatic heterocycles. The molecule has 28 heavy (non-hydrogen) atoms. The second kappa shape index (κ2) is 7.80. The number of rotatable bonds is 6. The number of halogens is 1. The fourth-order valence-corrected chi connectivity index (χ4v) is 3.32. The molecule has 1 aromatic heterocycles. The summed E-state index contributed by atoms with van der Waals surface area (Å²) >= 11 is 0. The molecular weight excluding hydrogens is 361 g/mol. The van der Waals surface area contributed by atoms with E-state index in [-0.39, 0.29) is 23.5 Å². The van der Waals surface area contributed by atoms with Gasteiger partial charge < -0.3 is 14.2 Å². The summed E-state index contributed by atoms with van der Waals surface area (Å²) in [6.45, 7) is 3.60. The molecule has 2 heterocycles. The molecule has 7 heteroatoms. The molecule has 1 saturated heterocycles. The number of ether oxygens (including phenoxy) is 1. The number of hydrogen-bond donors (Lipinski definition) is 0. The van der Waals surface area contributed by atoms with Crippen LogP contribution in [0.4, 0.5) is 4.39 Å². The fraction of sp³-hybridized carbons (Fsp3) is 0.286. The van der Waals surface area contributed by atoms with Crippen molar-refractivity contribution in [1.29, 1.82) is 0 Å². The van der Waals surface area contributed by atoms with E-state index in [0.717, 1.165) is 11.3 Å². The van der Waals surface area contributed by atoms with E-state index in [1.54, 1.807) is 17.0 Å². The highest BCUT2D eigenvalue weighted by atomic mass is 19.1. The smallest absolute Gasteiger partial charge is 0.258 e. The Morgan fingerprint density at radius 1 is 1.25 bits per heavy atom. The SMILES string of the molecule is CCOc1ccc(CN2CC(c3noc(-c4cccc(F)c4)n3)CC2=O)cc1. The molecule has 4 rings (SSSR count). The summed E-state index contributed by atoms with van der Waals surface area (Å²) < 4.78 is 24.1. The summed E-state index contributed by atoms with van der Waals surface area (Å²) in [4.78, 5) is 18.6. The van der Waals surface area contributed by atoms with Gasteiger partial charge in [0.25, 0.3) is 5.89 Å². The zero-order valence-corrected chi connectivity index (χ0v) is 15.5. The first-order chi connectivity index (χ1) is 13.6. The Kier molecular flexibility index (Phi) is 5.06. The van der Waals surface area contributed by atoms with Crippen LogP contribution in [0.5, 0.6) is 5.75 Å². The van der Waals surface area contributed by atoms with Gasteiger partial charge in [-0.05, 0) is 42.8 Å². The molecule has 0 saturated carbocycles. The van der Waals surface area contributed by atoms with E-state index in [2.05, 4.69) is 10.1 Å². The minimum Gasteiger partial charge on any atom is -0.494 e. The Labute approximate surface area is 161 Å². The number of benzene rings is 2. The quantitative estimate of drug-likeness (QED) is 0.650. The van der Waals surface area contributed by atoms with Crippen molar-refractivity contribution in [1.82, 2.24) is 15.0 Å². The van der Waals surface area contributed by atoms with E-state index in [4.69, 9.17) is 9.26 Å². The summed E-state index contributed by atoms with van der Waals surface area (Å²) in [5.74, 6) is 1.09. The topological polar surface area (TPSA) is 68.5 Å². The maximum absolute atomic E-state index is 13.4. The lowest BCUT2D eigenvalue weighted by Crippen LogP contribution is -2.24. The number of nitrogens with zero attached hydrogens (tertiary/aromatic N) is 3. The number of carbonyl (C=O) groups excluding carboxylic acids is 1. The van der Waals surface area contributed by atoms with Gasteiger partial charge >= 0.3 is 0 Å². The minimum absolute atomic E-state index is 0.0518. The maximum Gasteiger partial charge on any atom is 0.258 e. The standard InChI is InChI=1S/C21H20FN3O3/c1-2-27-18-8-6-14(7-9-18)12-25-13-16(11-19(25)26)20-23-21(28-24-20)15-4-3-5-17(22)10-15/h3-10,16H,2,11-13H2,1H3. The Hall–Kier alpha value is -3.22. The molecule has 6 nitrogen and oxygen atoms in total. The average Bonchev–Trinajstić information content (AvgIpc) is 3.31. The third kappa shape index (κ3) is 3.88. The van der Waals surface area contributed by atoms with Crippen molar-refractivity contribution in [3.63, 3.8) is 0 Å². The molecule has 0 N–H and O–H groups in total. The molecule has 0 spiro atoms. The van der Waals surface area contributed by atoms with Gasteiger partial charge in [-0.3, -0.25) is 4.79 Å². The highest BCUT2D eigenvalue weighted by Gasteiger charge is 2.33. The molecule has 144 valence electrons. The van der Waals surface area contributed by atoms with E-state index in [9.17, 15) is 9.18 Å². The van der Waals surface area contributed by atoms with Crippen LogP contribution in [0.3, 0.4) is 0 Å². The first-order valence-electron chi connectivity index (χ1n) is 9.21. The second-order valence-electron chi connectivity index (χ2n) is 6.72. The van der Waals surface area contributed by atoms with Gasteiger partial charge in [0.05, 0.1) is 6.61 Å². The van der Waals surface area contributed by atoms with Gasteiger partial charge in [0.2, 0.25) is 5.91 Å². The second-order valence-corrected chi connectivity index (χ2v) is 6.72. The molecule has 0 bridgehead atoms. The van der Waals surface area contributed by atoms with Crippen LogP contribution in [0.2, 0.25) is 0 Å². The molecule has 0 radical (unpaired) electrons. The molecule has 1 atom stereocenters. The number of amides is 1. The van der Waals surface area contributed by atoms with E-state index in [1.165, 1.54) is 12.1 Å². The van der Waals surface area contributed by atoms with Crippen molar-refractivity contribution in [2.75, 3.05) is 13.2 Å². The third-order valence-electron chi connectivity index (χ3n) is 4.70. The van der Waals surface area contributed by atoms with Crippen molar-refractivity contribution in [3.8, 4) is 17.2 Å². The van der Waals surface area contributed by atoms with Gasteiger partial charge in [0.15, 0.2) is 5.82 Å². The van der Waals surface area contributed by atoms with Gasteiger partial charge in [-0.25, -0.2) is 4.39 Å². The van der Waals surface area contributed by atoms with Gasteiger partial charge in [-0.2, -0.15) is 4.98 Å². The molecule has 1 aliphatic rings. The third-order valence-corrected chi connectivity index (χ3v) is 4.70. The van der Waals surface area contributed by atoms with Crippen LogP contribution in [-0.2, 0) is 11.3 Å². The first-order valence-corrected chi connectivity index (χ1v) is 9.21. The van der Waals surface area contributed by atoms with Gasteiger partial charge in [-0.1, -0.05) is 23.4 Å². The lowest BCUT2D eigenvalue weighted by Gasteiger charge is -2.16. The lowest BCUT2D eigenvalue weighted by molar-refractivity contribution is -0.128. The van der Waals surface area contributed by atoms with E-state index in [1.807, 2.05) is 31.2 Å². The molecule has 1 amide bonds. The van der Waals surface area contributed by atoms with Gasteiger partial charge in [-0.15, -0.1) is 0 Å². The number of aromatic nitrogens is 2. The summed E-state index contributed by atoms with van der Waals surface area (Å²) in [5.41, 5.74) is 1.56. The van der Waals surface area contributed by atoms with Crippen LogP contribution in [0.15, 0.2) is 53.1 Å². The maximum atomic E-state index is 13.4. The Morgan fingerprint density at radius 3 is 2.82 bits per heavy atom. The van der Waals surface area contributed by atoms with Crippen molar-refractivity contribution in [2.45, 2.75) is 25.8 Å². The van der Waals surface area contributed by atoms with Crippen LogP contribution in [0.25, 0.3) is 11.5 Å². The van der Waals surface area contributed by atoms with E-state index >= 15 is 0 Å². The van der Waals surface area contributed by atoms with Crippen molar-refractivity contribution in [3.05, 3.63) is 65.7 Å². The molecule has 1 unspecified atom stereocenters. The molecule has 1 fully saturated rings. The van der Waals surface area contributed by atoms with Crippen LogP contribution < -0.4 is 4.74 Å². The first kappa shape index (κ1) is 18.2. The average molecular weight is 381 g/mol. The zero-order chi connectivity index (χ0) is 19.5. The Bertz CT molecular complexity index is 971. The Morgan fingerprint density at radius 2 is 2.07 bits per heavy atom. The summed E-state index contributed by atoms with van der Waals surface area (Å²) in [6.07, 6.45) is 0.332. The number of likely N-dealkylation sites (tertiary alicyclic amines) is 1. The largest absolute Gasteiger partial charge is 0.494 e. The highest BCUT2D eigenvalue weighted by Crippen LogP contribution is 2.29. The van der Waals surface area contributed by atoms with Crippen LogP contribution >= 0.6 is 0 Å². The van der Waals surface area contributed by atoms with Crippen molar-refractivity contribution < 1.29 is 18.4 Å².